The maximum Gasteiger partial charge on any atom is 0.320 e. The summed E-state index contributed by atoms with van der Waals surface area (Å²) in [6.45, 7) is 2.77. The molecule has 0 aromatic rings. The van der Waals surface area contributed by atoms with E-state index in [0.29, 0.717) is 32.7 Å². The molecule has 0 bridgehead atoms. The van der Waals surface area contributed by atoms with Crippen molar-refractivity contribution in [3.05, 3.63) is 0 Å². The molecule has 4 amide bonds. The minimum absolute atomic E-state index is 0.00910. The lowest BCUT2D eigenvalue weighted by molar-refractivity contribution is -0.138. The van der Waals surface area contributed by atoms with Gasteiger partial charge in [-0.05, 0) is 12.8 Å². The number of carboxylic acid groups (broad SMARTS) is 1. The van der Waals surface area contributed by atoms with Crippen LogP contribution < -0.4 is 5.32 Å². The fourth-order valence-corrected chi connectivity index (χ4v) is 3.46. The van der Waals surface area contributed by atoms with Crippen LogP contribution >= 0.6 is 0 Å². The van der Waals surface area contributed by atoms with Gasteiger partial charge in [0.15, 0.2) is 0 Å². The molecular formula is C13H20N4O4. The number of nitrogens with zero attached hydrogens (tertiary/aromatic N) is 3. The van der Waals surface area contributed by atoms with Crippen LogP contribution in [0, 0.1) is 0 Å². The van der Waals surface area contributed by atoms with Gasteiger partial charge >= 0.3 is 18.0 Å². The van der Waals surface area contributed by atoms with Gasteiger partial charge in [-0.1, -0.05) is 0 Å². The van der Waals surface area contributed by atoms with Crippen molar-refractivity contribution in [3.63, 3.8) is 0 Å². The van der Waals surface area contributed by atoms with E-state index >= 15 is 0 Å². The van der Waals surface area contributed by atoms with E-state index in [4.69, 9.17) is 5.11 Å². The number of nitrogens with one attached hydrogen (secondary N) is 1. The van der Waals surface area contributed by atoms with Crippen LogP contribution in [0.5, 0.6) is 0 Å². The zero-order valence-electron chi connectivity index (χ0n) is 11.8. The molecule has 2 N–H and O–H groups in total. The molecule has 8 heteroatoms. The molecule has 3 rings (SSSR count). The second-order valence-corrected chi connectivity index (χ2v) is 5.85. The average Bonchev–Trinajstić information content (AvgIpc) is 3.04. The SMILES string of the molecule is O=C(O)CC1CCCN1C(=O)N1CCN2C(=O)NCC2C1. The van der Waals surface area contributed by atoms with Gasteiger partial charge in [-0.25, -0.2) is 9.59 Å². The Labute approximate surface area is 122 Å². The Morgan fingerprint density at radius 3 is 2.86 bits per heavy atom. The number of rotatable bonds is 2. The first kappa shape index (κ1) is 14.0. The fourth-order valence-electron chi connectivity index (χ4n) is 3.46. The van der Waals surface area contributed by atoms with Gasteiger partial charge < -0.3 is 25.1 Å². The smallest absolute Gasteiger partial charge is 0.320 e. The third-order valence-corrected chi connectivity index (χ3v) is 4.54. The normalized spacial score (nSPS) is 28.6. The lowest BCUT2D eigenvalue weighted by Gasteiger charge is -2.39. The first-order valence-electron chi connectivity index (χ1n) is 7.38. The van der Waals surface area contributed by atoms with Crippen LogP contribution in [-0.2, 0) is 4.79 Å². The number of amides is 4. The second kappa shape index (κ2) is 5.42. The van der Waals surface area contributed by atoms with Gasteiger partial charge in [0.1, 0.15) is 0 Å². The van der Waals surface area contributed by atoms with E-state index in [1.807, 2.05) is 0 Å². The molecule has 0 aliphatic carbocycles. The molecule has 2 atom stereocenters. The Morgan fingerprint density at radius 1 is 1.29 bits per heavy atom. The minimum atomic E-state index is -0.866. The Morgan fingerprint density at radius 2 is 2.10 bits per heavy atom. The molecule has 21 heavy (non-hydrogen) atoms. The molecule has 8 nitrogen and oxygen atoms in total. The number of likely N-dealkylation sites (tertiary alicyclic amines) is 1. The predicted molar refractivity (Wildman–Crippen MR) is 72.8 cm³/mol. The van der Waals surface area contributed by atoms with Gasteiger partial charge in [0, 0.05) is 38.8 Å². The number of carbonyl (C=O) groups is 3. The average molecular weight is 296 g/mol. The number of hydrogen-bond donors (Lipinski definition) is 2. The van der Waals surface area contributed by atoms with Crippen molar-refractivity contribution in [3.8, 4) is 0 Å². The Balaban J connectivity index is 1.63. The quantitative estimate of drug-likeness (QED) is 0.735. The summed E-state index contributed by atoms with van der Waals surface area (Å²) in [5.74, 6) is -0.866. The second-order valence-electron chi connectivity index (χ2n) is 5.85. The van der Waals surface area contributed by atoms with Gasteiger partial charge in [0.05, 0.1) is 12.5 Å². The number of aliphatic carboxylic acids is 1. The molecular weight excluding hydrogens is 276 g/mol. The molecule has 0 aromatic heterocycles. The third-order valence-electron chi connectivity index (χ3n) is 4.54. The van der Waals surface area contributed by atoms with Gasteiger partial charge in [-0.15, -0.1) is 0 Å². The lowest BCUT2D eigenvalue weighted by atomic mass is 10.1. The Kier molecular flexibility index (Phi) is 3.60. The summed E-state index contributed by atoms with van der Waals surface area (Å²) < 4.78 is 0. The standard InChI is InChI=1S/C13H20N4O4/c18-11(19)6-9-2-1-3-17(9)13(21)15-4-5-16-10(8-15)7-14-12(16)20/h9-10H,1-8H2,(H,14,20)(H,18,19). The van der Waals surface area contributed by atoms with Gasteiger partial charge in [-0.2, -0.15) is 0 Å². The van der Waals surface area contributed by atoms with Crippen molar-refractivity contribution in [1.29, 1.82) is 0 Å². The molecule has 0 spiro atoms. The number of hydrogen-bond acceptors (Lipinski definition) is 3. The van der Waals surface area contributed by atoms with Crippen molar-refractivity contribution in [1.82, 2.24) is 20.0 Å². The van der Waals surface area contributed by atoms with Crippen molar-refractivity contribution in [2.24, 2.45) is 0 Å². The first-order chi connectivity index (χ1) is 10.1. The van der Waals surface area contributed by atoms with Crippen LogP contribution in [0.15, 0.2) is 0 Å². The van der Waals surface area contributed by atoms with E-state index in [9.17, 15) is 14.4 Å². The molecule has 0 radical (unpaired) electrons. The molecule has 3 saturated heterocycles. The Hall–Kier alpha value is -1.99. The molecule has 3 aliphatic rings. The van der Waals surface area contributed by atoms with Crippen LogP contribution in [-0.4, -0.2) is 82.6 Å². The number of fused-ring (bicyclic) bond motifs is 1. The lowest BCUT2D eigenvalue weighted by Crippen LogP contribution is -2.57. The van der Waals surface area contributed by atoms with E-state index < -0.39 is 5.97 Å². The summed E-state index contributed by atoms with van der Waals surface area (Å²) in [4.78, 5) is 40.2. The van der Waals surface area contributed by atoms with E-state index in [0.717, 1.165) is 12.8 Å². The van der Waals surface area contributed by atoms with Crippen LogP contribution in [0.2, 0.25) is 0 Å². The first-order valence-corrected chi connectivity index (χ1v) is 7.38. The van der Waals surface area contributed by atoms with E-state index in [2.05, 4.69) is 5.32 Å². The fraction of sp³-hybridized carbons (Fsp3) is 0.769. The highest BCUT2D eigenvalue weighted by Crippen LogP contribution is 2.23. The van der Waals surface area contributed by atoms with Crippen molar-refractivity contribution >= 4 is 18.0 Å². The zero-order valence-corrected chi connectivity index (χ0v) is 11.8. The van der Waals surface area contributed by atoms with Crippen LogP contribution in [0.3, 0.4) is 0 Å². The van der Waals surface area contributed by atoms with Crippen LogP contribution in [0.4, 0.5) is 9.59 Å². The van der Waals surface area contributed by atoms with Crippen molar-refractivity contribution in [2.75, 3.05) is 32.7 Å². The maximum atomic E-state index is 12.6. The molecule has 0 saturated carbocycles. The summed E-state index contributed by atoms with van der Waals surface area (Å²) in [5, 5.41) is 11.7. The number of urea groups is 2. The highest BCUT2D eigenvalue weighted by molar-refractivity contribution is 5.79. The van der Waals surface area contributed by atoms with Crippen molar-refractivity contribution in [2.45, 2.75) is 31.3 Å². The molecule has 3 fully saturated rings. The van der Waals surface area contributed by atoms with Crippen LogP contribution in [0.25, 0.3) is 0 Å². The van der Waals surface area contributed by atoms with Gasteiger partial charge in [-0.3, -0.25) is 4.79 Å². The van der Waals surface area contributed by atoms with Crippen LogP contribution in [0.1, 0.15) is 19.3 Å². The molecule has 3 aliphatic heterocycles. The van der Waals surface area contributed by atoms with Gasteiger partial charge in [0.2, 0.25) is 0 Å². The largest absolute Gasteiger partial charge is 0.481 e. The molecule has 2 unspecified atom stereocenters. The monoisotopic (exact) mass is 296 g/mol. The molecule has 116 valence electrons. The van der Waals surface area contributed by atoms with Crippen molar-refractivity contribution < 1.29 is 19.5 Å². The Bertz CT molecular complexity index is 469. The highest BCUT2D eigenvalue weighted by atomic mass is 16.4. The van der Waals surface area contributed by atoms with E-state index in [-0.39, 0.29) is 30.6 Å². The predicted octanol–water partition coefficient (Wildman–Crippen LogP) is -0.245. The highest BCUT2D eigenvalue weighted by Gasteiger charge is 2.40. The summed E-state index contributed by atoms with van der Waals surface area (Å²) in [6.07, 6.45) is 1.61. The van der Waals surface area contributed by atoms with E-state index in [1.165, 1.54) is 0 Å². The number of carboxylic acids is 1. The summed E-state index contributed by atoms with van der Waals surface area (Å²) in [7, 11) is 0. The summed E-state index contributed by atoms with van der Waals surface area (Å²) >= 11 is 0. The topological polar surface area (TPSA) is 93.2 Å². The molecule has 0 aromatic carbocycles. The minimum Gasteiger partial charge on any atom is -0.481 e. The zero-order chi connectivity index (χ0) is 15.0. The summed E-state index contributed by atoms with van der Waals surface area (Å²) in [6, 6.07) is -0.304. The van der Waals surface area contributed by atoms with Gasteiger partial charge in [0.25, 0.3) is 0 Å². The number of piperazine rings is 1. The molecule has 3 heterocycles. The number of carbonyl (C=O) groups excluding carboxylic acids is 2. The van der Waals surface area contributed by atoms with E-state index in [1.54, 1.807) is 14.7 Å². The maximum absolute atomic E-state index is 12.6. The summed E-state index contributed by atoms with van der Waals surface area (Å²) in [5.41, 5.74) is 0. The third kappa shape index (κ3) is 2.62.